The maximum absolute atomic E-state index is 14.0. The van der Waals surface area contributed by atoms with Gasteiger partial charge in [0, 0.05) is 25.8 Å². The van der Waals surface area contributed by atoms with Crippen LogP contribution in [0.5, 0.6) is 5.88 Å². The molecule has 2 aromatic heterocycles. The Labute approximate surface area is 277 Å². The van der Waals surface area contributed by atoms with Crippen molar-refractivity contribution in [2.24, 2.45) is 18.9 Å². The van der Waals surface area contributed by atoms with Gasteiger partial charge in [-0.25, -0.2) is 13.8 Å². The summed E-state index contributed by atoms with van der Waals surface area (Å²) in [6.07, 6.45) is -7.26. The molecule has 1 amide bonds. The van der Waals surface area contributed by atoms with Crippen LogP contribution < -0.4 is 15.4 Å². The van der Waals surface area contributed by atoms with Crippen LogP contribution in [0, 0.1) is 11.8 Å². The number of hydrogen-bond donors (Lipinski definition) is 2. The van der Waals surface area contributed by atoms with Gasteiger partial charge in [-0.1, -0.05) is 18.9 Å². The molecule has 1 aromatic carbocycles. The molecule has 1 atom stereocenters. The van der Waals surface area contributed by atoms with Gasteiger partial charge >= 0.3 is 12.4 Å². The van der Waals surface area contributed by atoms with Gasteiger partial charge in [0.05, 0.1) is 17.2 Å². The zero-order chi connectivity index (χ0) is 35.3. The van der Waals surface area contributed by atoms with Crippen LogP contribution in [0.4, 0.5) is 46.8 Å². The number of nitrogens with one attached hydrogen (secondary N) is 2. The van der Waals surface area contributed by atoms with Gasteiger partial charge in [-0.05, 0) is 81.0 Å². The predicted molar refractivity (Wildman–Crippen MR) is 165 cm³/mol. The number of amides is 1. The van der Waals surface area contributed by atoms with E-state index in [4.69, 9.17) is 9.47 Å². The average Bonchev–Trinajstić information content (AvgIpc) is 3.68. The third kappa shape index (κ3) is 9.51. The number of alkyl halides is 8. The number of carbonyl (C=O) groups is 1. The highest BCUT2D eigenvalue weighted by atomic mass is 19.4. The second-order valence-corrected chi connectivity index (χ2v) is 12.7. The molecule has 2 N–H and O–H groups in total. The number of hydrogen-bond acceptors (Lipinski definition) is 6. The largest absolute Gasteiger partial charge is 0.471 e. The Morgan fingerprint density at radius 3 is 2.45 bits per heavy atom. The first-order valence-corrected chi connectivity index (χ1v) is 16.4. The minimum absolute atomic E-state index is 0.0000368. The van der Waals surface area contributed by atoms with Crippen molar-refractivity contribution >= 4 is 28.7 Å². The summed E-state index contributed by atoms with van der Waals surface area (Å²) in [6.45, 7) is -0.473. The molecule has 1 aliphatic carbocycles. The molecule has 0 bridgehead atoms. The van der Waals surface area contributed by atoms with Crippen LogP contribution in [0.2, 0.25) is 0 Å². The van der Waals surface area contributed by atoms with Crippen molar-refractivity contribution in [1.82, 2.24) is 19.9 Å². The summed E-state index contributed by atoms with van der Waals surface area (Å²) in [4.78, 5) is 21.2. The van der Waals surface area contributed by atoms with E-state index in [0.29, 0.717) is 61.8 Å². The number of pyridine rings is 1. The number of imidazole rings is 1. The standard InChI is InChI=1S/C33H39F8N5O3/c1-46-28-25(16-21(30(45-28)49-18-27(34)35)6-3-2-5-19-8-11-22(12-9-19)32(36,37)38)44-31(46)43-24-15-20(10-13-23(24)33(39,40)41)17-42-29(47)26-7-4-14-48-26/h10,13,15-16,19,22,26-27H,2-9,11-12,14,17-18H2,1H3,(H,42,47)(H,43,44). The number of ether oxygens (including phenoxy) is 2. The lowest BCUT2D eigenvalue weighted by Gasteiger charge is -2.29. The molecule has 2 fully saturated rings. The van der Waals surface area contributed by atoms with E-state index in [-0.39, 0.29) is 54.4 Å². The Kier molecular flexibility index (Phi) is 11.5. The summed E-state index contributed by atoms with van der Waals surface area (Å²) < 4.78 is 119. The topological polar surface area (TPSA) is 90.3 Å². The van der Waals surface area contributed by atoms with Crippen LogP contribution >= 0.6 is 0 Å². The molecule has 270 valence electrons. The Morgan fingerprint density at radius 2 is 1.80 bits per heavy atom. The van der Waals surface area contributed by atoms with Gasteiger partial charge in [0.25, 0.3) is 6.43 Å². The monoisotopic (exact) mass is 705 g/mol. The zero-order valence-corrected chi connectivity index (χ0v) is 26.9. The quantitative estimate of drug-likeness (QED) is 0.138. The highest BCUT2D eigenvalue weighted by Crippen LogP contribution is 2.41. The number of nitrogens with zero attached hydrogens (tertiary/aromatic N) is 3. The summed E-state index contributed by atoms with van der Waals surface area (Å²) >= 11 is 0. The molecule has 1 unspecified atom stereocenters. The van der Waals surface area contributed by atoms with Crippen LogP contribution in [0.3, 0.4) is 0 Å². The van der Waals surface area contributed by atoms with Crippen molar-refractivity contribution in [3.63, 3.8) is 0 Å². The normalized spacial score (nSPS) is 20.2. The summed E-state index contributed by atoms with van der Waals surface area (Å²) in [7, 11) is 1.51. The number of aromatic nitrogens is 3. The molecule has 3 heterocycles. The van der Waals surface area contributed by atoms with Crippen LogP contribution in [0.15, 0.2) is 24.3 Å². The van der Waals surface area contributed by atoms with Gasteiger partial charge in [-0.3, -0.25) is 9.36 Å². The Morgan fingerprint density at radius 1 is 1.04 bits per heavy atom. The number of unbranched alkanes of at least 4 members (excludes halogenated alkanes) is 1. The third-order valence-electron chi connectivity index (χ3n) is 9.17. The average molecular weight is 706 g/mol. The zero-order valence-electron chi connectivity index (χ0n) is 26.9. The maximum atomic E-state index is 14.0. The fourth-order valence-corrected chi connectivity index (χ4v) is 6.48. The smallest absolute Gasteiger partial charge is 0.418 e. The van der Waals surface area contributed by atoms with Gasteiger partial charge < -0.3 is 20.1 Å². The Balaban J connectivity index is 1.31. The number of anilines is 2. The number of fused-ring (bicyclic) bond motifs is 1. The van der Waals surface area contributed by atoms with Crippen molar-refractivity contribution in [1.29, 1.82) is 0 Å². The highest BCUT2D eigenvalue weighted by Gasteiger charge is 2.41. The van der Waals surface area contributed by atoms with E-state index < -0.39 is 43.0 Å². The Bertz CT molecular complexity index is 1580. The van der Waals surface area contributed by atoms with E-state index in [0.717, 1.165) is 18.9 Å². The molecule has 8 nitrogen and oxygen atoms in total. The highest BCUT2D eigenvalue weighted by molar-refractivity contribution is 5.81. The summed E-state index contributed by atoms with van der Waals surface area (Å²) in [5.41, 5.74) is 0.0910. The van der Waals surface area contributed by atoms with E-state index >= 15 is 0 Å². The minimum Gasteiger partial charge on any atom is -0.471 e. The van der Waals surface area contributed by atoms with Crippen LogP contribution in [-0.4, -0.2) is 52.4 Å². The molecule has 1 saturated heterocycles. The summed E-state index contributed by atoms with van der Waals surface area (Å²) in [5, 5.41) is 5.42. The SMILES string of the molecule is Cn1c(Nc2cc(CNC(=O)C3CCCO3)ccc2C(F)(F)F)nc2cc(CCCCC3CCC(C(F)(F)F)CC3)c(OCC(F)F)nc21. The fraction of sp³-hybridized carbons (Fsp3) is 0.606. The molecular formula is C33H39F8N5O3. The molecule has 5 rings (SSSR count). The predicted octanol–water partition coefficient (Wildman–Crippen LogP) is 8.25. The lowest BCUT2D eigenvalue weighted by atomic mass is 9.79. The molecule has 1 saturated carbocycles. The number of carbonyl (C=O) groups excluding carboxylic acids is 1. The molecule has 1 aliphatic heterocycles. The van der Waals surface area contributed by atoms with Crippen LogP contribution in [0.1, 0.15) is 74.5 Å². The van der Waals surface area contributed by atoms with Crippen LogP contribution in [-0.2, 0) is 35.7 Å². The van der Waals surface area contributed by atoms with Crippen molar-refractivity contribution in [2.45, 2.75) is 95.6 Å². The molecule has 2 aliphatic rings. The van der Waals surface area contributed by atoms with Gasteiger partial charge in [0.1, 0.15) is 11.6 Å². The van der Waals surface area contributed by atoms with Gasteiger partial charge in [0.2, 0.25) is 17.7 Å². The third-order valence-corrected chi connectivity index (χ3v) is 9.17. The van der Waals surface area contributed by atoms with E-state index in [1.165, 1.54) is 23.7 Å². The molecule has 49 heavy (non-hydrogen) atoms. The van der Waals surface area contributed by atoms with E-state index in [2.05, 4.69) is 20.6 Å². The van der Waals surface area contributed by atoms with Crippen LogP contribution in [0.25, 0.3) is 11.2 Å². The van der Waals surface area contributed by atoms with Gasteiger partial charge in [0.15, 0.2) is 12.3 Å². The maximum Gasteiger partial charge on any atom is 0.418 e. The first-order valence-electron chi connectivity index (χ1n) is 16.4. The first kappa shape index (κ1) is 36.6. The van der Waals surface area contributed by atoms with Crippen molar-refractivity contribution in [3.05, 3.63) is 41.0 Å². The van der Waals surface area contributed by atoms with E-state index in [1.807, 2.05) is 0 Å². The van der Waals surface area contributed by atoms with Gasteiger partial charge in [-0.15, -0.1) is 0 Å². The molecule has 3 aromatic rings. The number of benzene rings is 1. The first-order chi connectivity index (χ1) is 23.2. The van der Waals surface area contributed by atoms with Crippen molar-refractivity contribution in [2.75, 3.05) is 18.5 Å². The van der Waals surface area contributed by atoms with Crippen molar-refractivity contribution < 1.29 is 49.4 Å². The second-order valence-electron chi connectivity index (χ2n) is 12.7. The van der Waals surface area contributed by atoms with Crippen molar-refractivity contribution in [3.8, 4) is 5.88 Å². The number of halogens is 8. The lowest BCUT2D eigenvalue weighted by Crippen LogP contribution is -2.33. The second kappa shape index (κ2) is 15.5. The summed E-state index contributed by atoms with van der Waals surface area (Å²) in [5.74, 6) is -1.45. The molecular weight excluding hydrogens is 666 g/mol. The number of aryl methyl sites for hydroxylation is 2. The fourth-order valence-electron chi connectivity index (χ4n) is 6.48. The Hall–Kier alpha value is -3.69. The lowest BCUT2D eigenvalue weighted by molar-refractivity contribution is -0.184. The van der Waals surface area contributed by atoms with Gasteiger partial charge in [-0.2, -0.15) is 31.3 Å². The molecule has 16 heteroatoms. The van der Waals surface area contributed by atoms with E-state index in [1.54, 1.807) is 6.07 Å². The minimum atomic E-state index is -4.72. The molecule has 0 spiro atoms. The summed E-state index contributed by atoms with van der Waals surface area (Å²) in [6, 6.07) is 5.05. The number of rotatable bonds is 13. The molecule has 0 radical (unpaired) electrons. The van der Waals surface area contributed by atoms with E-state index in [9.17, 15) is 39.9 Å².